The normalized spacial score (nSPS) is 14.1. The van der Waals surface area contributed by atoms with E-state index in [1.165, 1.54) is 12.0 Å². The molecular weight excluding hydrogens is 248 g/mol. The fourth-order valence-corrected chi connectivity index (χ4v) is 2.57. The first-order chi connectivity index (χ1) is 9.54. The molecule has 3 nitrogen and oxygen atoms in total. The van der Waals surface area contributed by atoms with Gasteiger partial charge in [-0.3, -0.25) is 4.98 Å². The van der Waals surface area contributed by atoms with E-state index in [-0.39, 0.29) is 0 Å². The predicted molar refractivity (Wildman–Crippen MR) is 85.5 cm³/mol. The molecule has 0 spiro atoms. The molecule has 1 aromatic rings. The third-order valence-electron chi connectivity index (χ3n) is 4.15. The highest BCUT2D eigenvalue weighted by molar-refractivity contribution is 5.41. The van der Waals surface area contributed by atoms with E-state index in [2.05, 4.69) is 38.0 Å². The van der Waals surface area contributed by atoms with E-state index in [9.17, 15) is 0 Å². The number of hydrogen-bond acceptors (Lipinski definition) is 3. The minimum absolute atomic E-state index is 0.485. The van der Waals surface area contributed by atoms with Crippen LogP contribution in [0.5, 0.6) is 5.75 Å². The highest BCUT2D eigenvalue weighted by Gasteiger charge is 2.19. The topological polar surface area (TPSA) is 34.2 Å². The highest BCUT2D eigenvalue weighted by Crippen LogP contribution is 2.25. The smallest absolute Gasteiger partial charge is 0.128 e. The molecule has 114 valence electrons. The lowest BCUT2D eigenvalue weighted by atomic mass is 9.93. The maximum absolute atomic E-state index is 5.51. The second-order valence-corrected chi connectivity index (χ2v) is 5.70. The van der Waals surface area contributed by atoms with Crippen LogP contribution in [-0.4, -0.2) is 24.7 Å². The lowest BCUT2D eigenvalue weighted by Crippen LogP contribution is -2.37. The maximum Gasteiger partial charge on any atom is 0.128 e. The van der Waals surface area contributed by atoms with E-state index >= 15 is 0 Å². The molecule has 0 amide bonds. The summed E-state index contributed by atoms with van der Waals surface area (Å²) in [6, 6.07) is 0.485. The fraction of sp³-hybridized carbons (Fsp3) is 0.706. The first-order valence-corrected chi connectivity index (χ1v) is 7.77. The average Bonchev–Trinajstić information content (AvgIpc) is 2.45. The van der Waals surface area contributed by atoms with Crippen LogP contribution in [0.3, 0.4) is 0 Å². The van der Waals surface area contributed by atoms with Crippen molar-refractivity contribution in [2.24, 2.45) is 5.92 Å². The molecule has 2 atom stereocenters. The van der Waals surface area contributed by atoms with Crippen LogP contribution in [0.2, 0.25) is 0 Å². The lowest BCUT2D eigenvalue weighted by molar-refractivity contribution is 0.360. The Morgan fingerprint density at radius 3 is 2.55 bits per heavy atom. The Kier molecular flexibility index (Phi) is 7.00. The summed E-state index contributed by atoms with van der Waals surface area (Å²) in [5, 5.41) is 3.67. The molecule has 0 saturated carbocycles. The highest BCUT2D eigenvalue weighted by atomic mass is 16.5. The number of rotatable bonds is 8. The molecule has 0 fully saturated rings. The number of nitrogens with zero attached hydrogens (tertiary/aromatic N) is 1. The predicted octanol–water partition coefficient (Wildman–Crippen LogP) is 3.66. The Bertz CT molecular complexity index is 418. The van der Waals surface area contributed by atoms with Crippen molar-refractivity contribution < 1.29 is 4.74 Å². The number of aromatic nitrogens is 1. The summed E-state index contributed by atoms with van der Waals surface area (Å²) < 4.78 is 5.51. The maximum atomic E-state index is 5.51. The van der Waals surface area contributed by atoms with Gasteiger partial charge in [-0.15, -0.1) is 0 Å². The zero-order valence-corrected chi connectivity index (χ0v) is 13.9. The van der Waals surface area contributed by atoms with Gasteiger partial charge in [0.1, 0.15) is 5.75 Å². The van der Waals surface area contributed by atoms with E-state index in [1.54, 1.807) is 7.11 Å². The van der Waals surface area contributed by atoms with Crippen molar-refractivity contribution >= 4 is 0 Å². The van der Waals surface area contributed by atoms with Crippen LogP contribution in [0, 0.1) is 19.8 Å². The first-order valence-electron chi connectivity index (χ1n) is 7.77. The molecule has 1 heterocycles. The molecule has 3 heteroatoms. The number of methoxy groups -OCH3 is 1. The molecule has 0 saturated heterocycles. The quantitative estimate of drug-likeness (QED) is 0.788. The Morgan fingerprint density at radius 2 is 2.00 bits per heavy atom. The van der Waals surface area contributed by atoms with Crippen LogP contribution in [0.4, 0.5) is 0 Å². The van der Waals surface area contributed by atoms with Crippen molar-refractivity contribution in [1.29, 1.82) is 0 Å². The zero-order chi connectivity index (χ0) is 15.1. The number of ether oxygens (including phenoxy) is 1. The van der Waals surface area contributed by atoms with Gasteiger partial charge in [-0.1, -0.05) is 27.2 Å². The summed E-state index contributed by atoms with van der Waals surface area (Å²) in [7, 11) is 1.74. The minimum atomic E-state index is 0.485. The summed E-state index contributed by atoms with van der Waals surface area (Å²) in [6.07, 6.45) is 5.24. The second-order valence-electron chi connectivity index (χ2n) is 5.70. The fourth-order valence-electron chi connectivity index (χ4n) is 2.57. The number of nitrogens with one attached hydrogen (secondary N) is 1. The number of hydrogen-bond donors (Lipinski definition) is 1. The molecule has 0 aliphatic heterocycles. The minimum Gasteiger partial charge on any atom is -0.496 e. The van der Waals surface area contributed by atoms with Crippen LogP contribution >= 0.6 is 0 Å². The van der Waals surface area contributed by atoms with Crippen LogP contribution in [0.15, 0.2) is 6.20 Å². The molecule has 1 aromatic heterocycles. The van der Waals surface area contributed by atoms with Gasteiger partial charge in [0.05, 0.1) is 7.11 Å². The monoisotopic (exact) mass is 278 g/mol. The molecule has 0 bridgehead atoms. The van der Waals surface area contributed by atoms with Gasteiger partial charge in [-0.05, 0) is 32.7 Å². The van der Waals surface area contributed by atoms with Crippen molar-refractivity contribution in [3.8, 4) is 5.75 Å². The van der Waals surface area contributed by atoms with Crippen LogP contribution in [-0.2, 0) is 6.42 Å². The van der Waals surface area contributed by atoms with Gasteiger partial charge >= 0.3 is 0 Å². The molecule has 0 aliphatic rings. The summed E-state index contributed by atoms with van der Waals surface area (Å²) in [5.41, 5.74) is 3.44. The second kappa shape index (κ2) is 8.25. The summed E-state index contributed by atoms with van der Waals surface area (Å²) in [5.74, 6) is 1.63. The Balaban J connectivity index is 2.93. The molecule has 1 rings (SSSR count). The number of pyridine rings is 1. The van der Waals surface area contributed by atoms with Gasteiger partial charge < -0.3 is 10.1 Å². The average molecular weight is 278 g/mol. The third-order valence-corrected chi connectivity index (χ3v) is 4.15. The first kappa shape index (κ1) is 17.0. The van der Waals surface area contributed by atoms with Gasteiger partial charge in [0.2, 0.25) is 0 Å². The van der Waals surface area contributed by atoms with E-state index < -0.39 is 0 Å². The molecular formula is C17H30N2O. The van der Waals surface area contributed by atoms with Gasteiger partial charge in [-0.25, -0.2) is 0 Å². The standard InChI is InChI=1S/C17H30N2O/c1-7-9-18-15(12(3)8-2)10-16-14(5)17(20-6)13(4)11-19-16/h11-12,15,18H,7-10H2,1-6H3. The van der Waals surface area contributed by atoms with Crippen LogP contribution < -0.4 is 10.1 Å². The van der Waals surface area contributed by atoms with Crippen molar-refractivity contribution in [1.82, 2.24) is 10.3 Å². The molecule has 0 radical (unpaired) electrons. The van der Waals surface area contributed by atoms with Crippen molar-refractivity contribution in [3.05, 3.63) is 23.0 Å². The van der Waals surface area contributed by atoms with Gasteiger partial charge in [0.25, 0.3) is 0 Å². The van der Waals surface area contributed by atoms with Gasteiger partial charge in [-0.2, -0.15) is 0 Å². The molecule has 2 unspecified atom stereocenters. The largest absolute Gasteiger partial charge is 0.496 e. The van der Waals surface area contributed by atoms with E-state index in [1.807, 2.05) is 13.1 Å². The van der Waals surface area contributed by atoms with Crippen molar-refractivity contribution in [2.75, 3.05) is 13.7 Å². The van der Waals surface area contributed by atoms with Crippen molar-refractivity contribution in [2.45, 2.75) is 59.9 Å². The molecule has 0 aliphatic carbocycles. The molecule has 0 aromatic carbocycles. The molecule has 1 N–H and O–H groups in total. The SMILES string of the molecule is CCCNC(Cc1ncc(C)c(OC)c1C)C(C)CC. The van der Waals surface area contributed by atoms with Crippen LogP contribution in [0.25, 0.3) is 0 Å². The molecule has 20 heavy (non-hydrogen) atoms. The lowest BCUT2D eigenvalue weighted by Gasteiger charge is -2.25. The Hall–Kier alpha value is -1.09. The van der Waals surface area contributed by atoms with E-state index in [0.29, 0.717) is 12.0 Å². The Morgan fingerprint density at radius 1 is 1.30 bits per heavy atom. The van der Waals surface area contributed by atoms with E-state index in [4.69, 9.17) is 4.74 Å². The van der Waals surface area contributed by atoms with Crippen LogP contribution in [0.1, 0.15) is 50.4 Å². The van der Waals surface area contributed by atoms with Gasteiger partial charge in [0.15, 0.2) is 0 Å². The summed E-state index contributed by atoms with van der Waals surface area (Å²) >= 11 is 0. The van der Waals surface area contributed by atoms with Crippen molar-refractivity contribution in [3.63, 3.8) is 0 Å². The Labute approximate surface area is 124 Å². The van der Waals surface area contributed by atoms with E-state index in [0.717, 1.165) is 36.4 Å². The third kappa shape index (κ3) is 4.20. The summed E-state index contributed by atoms with van der Waals surface area (Å²) in [6.45, 7) is 12.0. The summed E-state index contributed by atoms with van der Waals surface area (Å²) in [4.78, 5) is 4.63. The van der Waals surface area contributed by atoms with Gasteiger partial charge in [0, 0.05) is 35.5 Å². The number of aryl methyl sites for hydroxylation is 1. The zero-order valence-electron chi connectivity index (χ0n) is 13.9.